The lowest BCUT2D eigenvalue weighted by molar-refractivity contribution is 0.246. The standard InChI is InChI=1S/C16H24N4O/c1-3-19-10-6-7-12(19)11-20-13-8-5-9-14(21-4-2)15(13)18-16(20)17/h5,8-9,12H,3-4,6-7,10-11H2,1-2H3,(H2,17,18). The molecule has 3 rings (SSSR count). The normalized spacial score (nSPS) is 19.4. The fourth-order valence-electron chi connectivity index (χ4n) is 3.33. The Kier molecular flexibility index (Phi) is 4.01. The van der Waals surface area contributed by atoms with E-state index in [2.05, 4.69) is 27.4 Å². The lowest BCUT2D eigenvalue weighted by Crippen LogP contribution is -2.32. The van der Waals surface area contributed by atoms with Crippen molar-refractivity contribution in [2.45, 2.75) is 39.3 Å². The van der Waals surface area contributed by atoms with Crippen LogP contribution in [0.15, 0.2) is 18.2 Å². The van der Waals surface area contributed by atoms with Crippen LogP contribution in [0.5, 0.6) is 5.75 Å². The maximum atomic E-state index is 6.16. The van der Waals surface area contributed by atoms with Crippen LogP contribution in [0.4, 0.5) is 5.95 Å². The Labute approximate surface area is 125 Å². The molecule has 1 aromatic heterocycles. The van der Waals surface area contributed by atoms with Crippen LogP contribution >= 0.6 is 0 Å². The second-order valence-corrected chi connectivity index (χ2v) is 5.56. The van der Waals surface area contributed by atoms with Crippen molar-refractivity contribution in [3.8, 4) is 5.75 Å². The van der Waals surface area contributed by atoms with E-state index in [0.29, 0.717) is 18.6 Å². The van der Waals surface area contributed by atoms with Gasteiger partial charge in [0.1, 0.15) is 11.3 Å². The highest BCUT2D eigenvalue weighted by atomic mass is 16.5. The Morgan fingerprint density at radius 1 is 1.38 bits per heavy atom. The molecular weight excluding hydrogens is 264 g/mol. The summed E-state index contributed by atoms with van der Waals surface area (Å²) in [5.74, 6) is 1.40. The predicted molar refractivity (Wildman–Crippen MR) is 85.6 cm³/mol. The van der Waals surface area contributed by atoms with E-state index in [1.165, 1.54) is 19.4 Å². The molecule has 1 unspecified atom stereocenters. The molecule has 5 heteroatoms. The third kappa shape index (κ3) is 2.58. The summed E-state index contributed by atoms with van der Waals surface area (Å²) in [5.41, 5.74) is 8.10. The first kappa shape index (κ1) is 14.2. The van der Waals surface area contributed by atoms with Crippen molar-refractivity contribution in [1.82, 2.24) is 14.5 Å². The molecule has 0 bridgehead atoms. The van der Waals surface area contributed by atoms with Gasteiger partial charge in [0.2, 0.25) is 5.95 Å². The molecule has 0 radical (unpaired) electrons. The molecule has 1 fully saturated rings. The van der Waals surface area contributed by atoms with Crippen LogP contribution in [0.2, 0.25) is 0 Å². The number of para-hydroxylation sites is 1. The molecule has 1 atom stereocenters. The molecule has 114 valence electrons. The molecule has 21 heavy (non-hydrogen) atoms. The average Bonchev–Trinajstić information content (AvgIpc) is 3.06. The number of benzene rings is 1. The van der Waals surface area contributed by atoms with Gasteiger partial charge in [-0.1, -0.05) is 13.0 Å². The van der Waals surface area contributed by atoms with Gasteiger partial charge in [0.25, 0.3) is 0 Å². The van der Waals surface area contributed by atoms with E-state index in [0.717, 1.165) is 29.9 Å². The van der Waals surface area contributed by atoms with Gasteiger partial charge in [-0.15, -0.1) is 0 Å². The van der Waals surface area contributed by atoms with Crippen LogP contribution < -0.4 is 10.5 Å². The van der Waals surface area contributed by atoms with E-state index in [-0.39, 0.29) is 0 Å². The average molecular weight is 288 g/mol. The lowest BCUT2D eigenvalue weighted by atomic mass is 10.2. The number of hydrogen-bond acceptors (Lipinski definition) is 4. The zero-order chi connectivity index (χ0) is 14.8. The number of imidazole rings is 1. The zero-order valence-electron chi connectivity index (χ0n) is 12.9. The Morgan fingerprint density at radius 3 is 3.00 bits per heavy atom. The molecule has 0 spiro atoms. The van der Waals surface area contributed by atoms with Crippen LogP contribution in [0.3, 0.4) is 0 Å². The van der Waals surface area contributed by atoms with Crippen LogP contribution in [-0.4, -0.2) is 40.2 Å². The summed E-state index contributed by atoms with van der Waals surface area (Å²) in [4.78, 5) is 7.05. The second kappa shape index (κ2) is 5.93. The van der Waals surface area contributed by atoms with Crippen molar-refractivity contribution in [2.75, 3.05) is 25.4 Å². The fraction of sp³-hybridized carbons (Fsp3) is 0.562. The van der Waals surface area contributed by atoms with Crippen LogP contribution in [-0.2, 0) is 6.54 Å². The van der Waals surface area contributed by atoms with E-state index >= 15 is 0 Å². The highest BCUT2D eigenvalue weighted by molar-refractivity contribution is 5.84. The number of likely N-dealkylation sites (tertiary alicyclic amines) is 1. The minimum absolute atomic E-state index is 0.561. The Bertz CT molecular complexity index is 622. The molecule has 2 heterocycles. The first-order valence-electron chi connectivity index (χ1n) is 7.86. The summed E-state index contributed by atoms with van der Waals surface area (Å²) in [7, 11) is 0. The van der Waals surface area contributed by atoms with Crippen LogP contribution in [0.25, 0.3) is 11.0 Å². The molecule has 1 aliphatic heterocycles. The molecule has 2 aromatic rings. The Balaban J connectivity index is 1.95. The summed E-state index contributed by atoms with van der Waals surface area (Å²) in [6.45, 7) is 8.04. The van der Waals surface area contributed by atoms with E-state index in [4.69, 9.17) is 10.5 Å². The SMILES string of the molecule is CCOc1cccc2c1nc(N)n2CC1CCCN1CC. The minimum atomic E-state index is 0.561. The number of fused-ring (bicyclic) bond motifs is 1. The molecule has 1 aromatic carbocycles. The molecule has 0 saturated carbocycles. The second-order valence-electron chi connectivity index (χ2n) is 5.56. The van der Waals surface area contributed by atoms with E-state index in [1.807, 2.05) is 19.1 Å². The monoisotopic (exact) mass is 288 g/mol. The third-order valence-electron chi connectivity index (χ3n) is 4.37. The van der Waals surface area contributed by atoms with Gasteiger partial charge in [-0.25, -0.2) is 4.98 Å². The first-order valence-corrected chi connectivity index (χ1v) is 7.86. The summed E-state index contributed by atoms with van der Waals surface area (Å²) < 4.78 is 7.79. The van der Waals surface area contributed by atoms with Gasteiger partial charge in [0.15, 0.2) is 0 Å². The molecule has 5 nitrogen and oxygen atoms in total. The highest BCUT2D eigenvalue weighted by Crippen LogP contribution is 2.29. The molecule has 1 aliphatic rings. The Hall–Kier alpha value is -1.75. The topological polar surface area (TPSA) is 56.3 Å². The van der Waals surface area contributed by atoms with Gasteiger partial charge in [-0.3, -0.25) is 4.90 Å². The van der Waals surface area contributed by atoms with Crippen molar-refractivity contribution in [3.05, 3.63) is 18.2 Å². The molecule has 0 aliphatic carbocycles. The van der Waals surface area contributed by atoms with Gasteiger partial charge in [0, 0.05) is 12.6 Å². The highest BCUT2D eigenvalue weighted by Gasteiger charge is 2.25. The summed E-state index contributed by atoms with van der Waals surface area (Å²) >= 11 is 0. The quantitative estimate of drug-likeness (QED) is 0.918. The Morgan fingerprint density at radius 2 is 2.24 bits per heavy atom. The van der Waals surface area contributed by atoms with Gasteiger partial charge in [0.05, 0.1) is 12.1 Å². The molecular formula is C16H24N4O. The number of aromatic nitrogens is 2. The minimum Gasteiger partial charge on any atom is -0.492 e. The van der Waals surface area contributed by atoms with Gasteiger partial charge >= 0.3 is 0 Å². The molecule has 0 amide bonds. The number of nitrogens with zero attached hydrogens (tertiary/aromatic N) is 3. The first-order chi connectivity index (χ1) is 10.2. The van der Waals surface area contributed by atoms with Crippen LogP contribution in [0, 0.1) is 0 Å². The smallest absolute Gasteiger partial charge is 0.201 e. The van der Waals surface area contributed by atoms with Crippen molar-refractivity contribution >= 4 is 17.0 Å². The maximum absolute atomic E-state index is 6.16. The number of hydrogen-bond donors (Lipinski definition) is 1. The van der Waals surface area contributed by atoms with Crippen molar-refractivity contribution in [2.24, 2.45) is 0 Å². The fourth-order valence-corrected chi connectivity index (χ4v) is 3.33. The van der Waals surface area contributed by atoms with Crippen LogP contribution in [0.1, 0.15) is 26.7 Å². The number of nitrogens with two attached hydrogens (primary N) is 1. The lowest BCUT2D eigenvalue weighted by Gasteiger charge is -2.23. The predicted octanol–water partition coefficient (Wildman–Crippen LogP) is 2.50. The number of anilines is 1. The zero-order valence-corrected chi connectivity index (χ0v) is 12.9. The van der Waals surface area contributed by atoms with Gasteiger partial charge in [-0.2, -0.15) is 0 Å². The van der Waals surface area contributed by atoms with Crippen molar-refractivity contribution < 1.29 is 4.74 Å². The maximum Gasteiger partial charge on any atom is 0.201 e. The number of nitrogen functional groups attached to an aromatic ring is 1. The van der Waals surface area contributed by atoms with E-state index in [1.54, 1.807) is 0 Å². The number of ether oxygens (including phenoxy) is 1. The van der Waals surface area contributed by atoms with E-state index in [9.17, 15) is 0 Å². The summed E-state index contributed by atoms with van der Waals surface area (Å²) in [5, 5.41) is 0. The van der Waals surface area contributed by atoms with Crippen molar-refractivity contribution in [1.29, 1.82) is 0 Å². The van der Waals surface area contributed by atoms with E-state index < -0.39 is 0 Å². The van der Waals surface area contributed by atoms with Gasteiger partial charge < -0.3 is 15.0 Å². The van der Waals surface area contributed by atoms with Crippen molar-refractivity contribution in [3.63, 3.8) is 0 Å². The summed E-state index contributed by atoms with van der Waals surface area (Å²) in [6.07, 6.45) is 2.51. The molecule has 1 saturated heterocycles. The third-order valence-corrected chi connectivity index (χ3v) is 4.37. The number of rotatable bonds is 5. The largest absolute Gasteiger partial charge is 0.492 e. The summed E-state index contributed by atoms with van der Waals surface area (Å²) in [6, 6.07) is 6.60. The molecule has 2 N–H and O–H groups in total. The van der Waals surface area contributed by atoms with Gasteiger partial charge in [-0.05, 0) is 45.0 Å². The number of likely N-dealkylation sites (N-methyl/N-ethyl adjacent to an activating group) is 1.